The van der Waals surface area contributed by atoms with Crippen LogP contribution < -0.4 is 5.73 Å². The fourth-order valence-corrected chi connectivity index (χ4v) is 2.87. The number of nitrogen functional groups attached to an aromatic ring is 1. The lowest BCUT2D eigenvalue weighted by Crippen LogP contribution is -2.37. The summed E-state index contributed by atoms with van der Waals surface area (Å²) in [5.74, 6) is 0.0141. The van der Waals surface area contributed by atoms with Crippen LogP contribution in [0.2, 0.25) is 0 Å². The summed E-state index contributed by atoms with van der Waals surface area (Å²) in [5.41, 5.74) is 8.02. The Morgan fingerprint density at radius 2 is 2.33 bits per heavy atom. The zero-order chi connectivity index (χ0) is 14.8. The Morgan fingerprint density at radius 1 is 1.48 bits per heavy atom. The minimum atomic E-state index is 0.0141. The highest BCUT2D eigenvalue weighted by Crippen LogP contribution is 2.22. The van der Waals surface area contributed by atoms with Gasteiger partial charge in [0.1, 0.15) is 0 Å². The van der Waals surface area contributed by atoms with E-state index in [1.54, 1.807) is 11.1 Å². The highest BCUT2D eigenvalue weighted by atomic mass is 16.5. The maximum atomic E-state index is 12.6. The van der Waals surface area contributed by atoms with Crippen molar-refractivity contribution in [3.8, 4) is 0 Å². The average Bonchev–Trinajstić information content (AvgIpc) is 2.90. The third-order valence-electron chi connectivity index (χ3n) is 4.03. The van der Waals surface area contributed by atoms with Crippen molar-refractivity contribution < 1.29 is 9.53 Å². The van der Waals surface area contributed by atoms with Crippen molar-refractivity contribution in [3.05, 3.63) is 30.0 Å². The first-order valence-corrected chi connectivity index (χ1v) is 7.39. The first kappa shape index (κ1) is 13.9. The van der Waals surface area contributed by atoms with Crippen LogP contribution in [0, 0.1) is 0 Å². The average molecular weight is 287 g/mol. The molecule has 1 saturated heterocycles. The SMILES string of the molecule is CN(CC1CCCCO1)C(=O)c1c[nH]c2cc(N)ccc12. The summed E-state index contributed by atoms with van der Waals surface area (Å²) in [6, 6.07) is 5.55. The Bertz CT molecular complexity index is 644. The van der Waals surface area contributed by atoms with Gasteiger partial charge in [-0.05, 0) is 37.5 Å². The van der Waals surface area contributed by atoms with Crippen LogP contribution in [0.3, 0.4) is 0 Å². The molecule has 5 heteroatoms. The minimum absolute atomic E-state index is 0.0141. The molecule has 2 aromatic rings. The monoisotopic (exact) mass is 287 g/mol. The van der Waals surface area contributed by atoms with Gasteiger partial charge in [-0.2, -0.15) is 0 Å². The van der Waals surface area contributed by atoms with Gasteiger partial charge >= 0.3 is 0 Å². The second kappa shape index (κ2) is 5.77. The molecule has 112 valence electrons. The molecule has 0 bridgehead atoms. The Balaban J connectivity index is 1.76. The van der Waals surface area contributed by atoms with Gasteiger partial charge in [-0.3, -0.25) is 4.79 Å². The van der Waals surface area contributed by atoms with E-state index >= 15 is 0 Å². The summed E-state index contributed by atoms with van der Waals surface area (Å²) >= 11 is 0. The molecule has 0 aliphatic carbocycles. The van der Waals surface area contributed by atoms with Gasteiger partial charge in [-0.15, -0.1) is 0 Å². The van der Waals surface area contributed by atoms with Crippen LogP contribution in [0.25, 0.3) is 10.9 Å². The van der Waals surface area contributed by atoms with Crippen molar-refractivity contribution >= 4 is 22.5 Å². The maximum Gasteiger partial charge on any atom is 0.255 e. The molecular formula is C16H21N3O2. The predicted octanol–water partition coefficient (Wildman–Crippen LogP) is 2.39. The zero-order valence-corrected chi connectivity index (χ0v) is 12.3. The molecule has 1 aliphatic rings. The number of rotatable bonds is 3. The molecule has 1 atom stereocenters. The number of fused-ring (bicyclic) bond motifs is 1. The highest BCUT2D eigenvalue weighted by Gasteiger charge is 2.21. The Labute approximate surface area is 124 Å². The Kier molecular flexibility index (Phi) is 3.84. The van der Waals surface area contributed by atoms with Gasteiger partial charge in [0.05, 0.1) is 11.7 Å². The number of nitrogens with zero attached hydrogens (tertiary/aromatic N) is 1. The third-order valence-corrected chi connectivity index (χ3v) is 4.03. The Hall–Kier alpha value is -2.01. The lowest BCUT2D eigenvalue weighted by Gasteiger charge is -2.27. The fourth-order valence-electron chi connectivity index (χ4n) is 2.87. The molecule has 3 rings (SSSR count). The fraction of sp³-hybridized carbons (Fsp3) is 0.438. The normalized spacial score (nSPS) is 18.8. The first-order chi connectivity index (χ1) is 10.1. The van der Waals surface area contributed by atoms with Gasteiger partial charge < -0.3 is 20.4 Å². The number of hydrogen-bond acceptors (Lipinski definition) is 3. The van der Waals surface area contributed by atoms with Gasteiger partial charge in [-0.25, -0.2) is 0 Å². The number of aromatic amines is 1. The molecule has 0 saturated carbocycles. The number of likely N-dealkylation sites (N-methyl/N-ethyl adjacent to an activating group) is 1. The molecule has 5 nitrogen and oxygen atoms in total. The number of ether oxygens (including phenoxy) is 1. The number of carbonyl (C=O) groups excluding carboxylic acids is 1. The van der Waals surface area contributed by atoms with Crippen molar-refractivity contribution in [1.82, 2.24) is 9.88 Å². The van der Waals surface area contributed by atoms with E-state index in [0.29, 0.717) is 17.8 Å². The topological polar surface area (TPSA) is 71.3 Å². The summed E-state index contributed by atoms with van der Waals surface area (Å²) in [7, 11) is 1.83. The quantitative estimate of drug-likeness (QED) is 0.851. The second-order valence-electron chi connectivity index (χ2n) is 5.68. The largest absolute Gasteiger partial charge is 0.399 e. The van der Waals surface area contributed by atoms with E-state index in [4.69, 9.17) is 10.5 Å². The smallest absolute Gasteiger partial charge is 0.255 e. The summed E-state index contributed by atoms with van der Waals surface area (Å²) in [6.45, 7) is 1.44. The van der Waals surface area contributed by atoms with Crippen molar-refractivity contribution in [2.75, 3.05) is 25.9 Å². The molecule has 0 spiro atoms. The number of amides is 1. The summed E-state index contributed by atoms with van der Waals surface area (Å²) in [6.07, 6.45) is 5.25. The number of benzene rings is 1. The number of nitrogens with one attached hydrogen (secondary N) is 1. The lowest BCUT2D eigenvalue weighted by molar-refractivity contribution is -0.000152. The number of carbonyl (C=O) groups is 1. The van der Waals surface area contributed by atoms with Gasteiger partial charge in [0.15, 0.2) is 0 Å². The molecule has 1 aliphatic heterocycles. The van der Waals surface area contributed by atoms with Crippen molar-refractivity contribution in [2.45, 2.75) is 25.4 Å². The van der Waals surface area contributed by atoms with E-state index in [2.05, 4.69) is 4.98 Å². The van der Waals surface area contributed by atoms with Crippen molar-refractivity contribution in [3.63, 3.8) is 0 Å². The van der Waals surface area contributed by atoms with E-state index in [1.807, 2.05) is 25.2 Å². The van der Waals surface area contributed by atoms with E-state index in [1.165, 1.54) is 6.42 Å². The van der Waals surface area contributed by atoms with Gasteiger partial charge in [-0.1, -0.05) is 0 Å². The molecule has 0 radical (unpaired) electrons. The molecule has 2 heterocycles. The first-order valence-electron chi connectivity index (χ1n) is 7.39. The minimum Gasteiger partial charge on any atom is -0.399 e. The van der Waals surface area contributed by atoms with E-state index in [-0.39, 0.29) is 12.0 Å². The number of hydrogen-bond donors (Lipinski definition) is 2. The van der Waals surface area contributed by atoms with Gasteiger partial charge in [0, 0.05) is 43.0 Å². The van der Waals surface area contributed by atoms with Crippen LogP contribution in [0.1, 0.15) is 29.6 Å². The summed E-state index contributed by atoms with van der Waals surface area (Å²) in [5, 5.41) is 0.908. The molecular weight excluding hydrogens is 266 g/mol. The van der Waals surface area contributed by atoms with Crippen LogP contribution in [0.4, 0.5) is 5.69 Å². The third kappa shape index (κ3) is 2.88. The van der Waals surface area contributed by atoms with Gasteiger partial charge in [0.25, 0.3) is 5.91 Å². The van der Waals surface area contributed by atoms with Crippen LogP contribution in [-0.2, 0) is 4.74 Å². The second-order valence-corrected chi connectivity index (χ2v) is 5.68. The van der Waals surface area contributed by atoms with Crippen LogP contribution in [0.5, 0.6) is 0 Å². The van der Waals surface area contributed by atoms with Crippen LogP contribution in [-0.4, -0.2) is 42.1 Å². The number of nitrogens with two attached hydrogens (primary N) is 1. The maximum absolute atomic E-state index is 12.6. The molecule has 1 unspecified atom stereocenters. The Morgan fingerprint density at radius 3 is 3.10 bits per heavy atom. The highest BCUT2D eigenvalue weighted by molar-refractivity contribution is 6.07. The van der Waals surface area contributed by atoms with E-state index < -0.39 is 0 Å². The van der Waals surface area contributed by atoms with E-state index in [0.717, 1.165) is 30.4 Å². The molecule has 1 amide bonds. The standard InChI is InChI=1S/C16H21N3O2/c1-19(10-12-4-2-3-7-21-12)16(20)14-9-18-15-8-11(17)5-6-13(14)15/h5-6,8-9,12,18H,2-4,7,10,17H2,1H3. The molecule has 1 aromatic carbocycles. The lowest BCUT2D eigenvalue weighted by atomic mass is 10.1. The summed E-state index contributed by atoms with van der Waals surface area (Å²) in [4.78, 5) is 17.5. The number of anilines is 1. The molecule has 1 aromatic heterocycles. The van der Waals surface area contributed by atoms with Crippen molar-refractivity contribution in [1.29, 1.82) is 0 Å². The summed E-state index contributed by atoms with van der Waals surface area (Å²) < 4.78 is 5.70. The number of aromatic nitrogens is 1. The van der Waals surface area contributed by atoms with E-state index in [9.17, 15) is 4.79 Å². The van der Waals surface area contributed by atoms with Crippen LogP contribution in [0.15, 0.2) is 24.4 Å². The molecule has 3 N–H and O–H groups in total. The predicted molar refractivity (Wildman–Crippen MR) is 83.3 cm³/mol. The number of H-pyrrole nitrogens is 1. The molecule has 1 fully saturated rings. The van der Waals surface area contributed by atoms with Crippen LogP contribution >= 0.6 is 0 Å². The van der Waals surface area contributed by atoms with Crippen molar-refractivity contribution in [2.24, 2.45) is 0 Å². The molecule has 21 heavy (non-hydrogen) atoms. The zero-order valence-electron chi connectivity index (χ0n) is 12.3. The van der Waals surface area contributed by atoms with Gasteiger partial charge in [0.2, 0.25) is 0 Å².